The largest absolute Gasteiger partial charge is 0.497 e. The van der Waals surface area contributed by atoms with Gasteiger partial charge in [0.1, 0.15) is 30.5 Å². The Hall–Kier alpha value is -4.72. The molecule has 1 aromatic heterocycles. The van der Waals surface area contributed by atoms with Crippen molar-refractivity contribution in [3.8, 4) is 11.5 Å². The molecule has 0 fully saturated rings. The summed E-state index contributed by atoms with van der Waals surface area (Å²) in [4.78, 5) is 42.1. The van der Waals surface area contributed by atoms with Gasteiger partial charge in [-0.3, -0.25) is 9.59 Å². The second-order valence-electron chi connectivity index (χ2n) is 10.3. The maximum atomic E-state index is 13.4. The summed E-state index contributed by atoms with van der Waals surface area (Å²) < 4.78 is 12.9. The van der Waals surface area contributed by atoms with Crippen LogP contribution in [0.3, 0.4) is 0 Å². The predicted octanol–water partition coefficient (Wildman–Crippen LogP) is 1.63. The van der Waals surface area contributed by atoms with Crippen molar-refractivity contribution in [2.75, 3.05) is 44.5 Å². The average Bonchev–Trinajstić information content (AvgIpc) is 3.49. The van der Waals surface area contributed by atoms with E-state index in [4.69, 9.17) is 9.47 Å². The number of hydrogen-bond donors (Lipinski definition) is 3. The molecule has 2 heterocycles. The Kier molecular flexibility index (Phi) is 9.91. The molecule has 3 aromatic rings. The lowest BCUT2D eigenvalue weighted by atomic mass is 10.0. The highest BCUT2D eigenvalue weighted by Gasteiger charge is 2.32. The molecule has 42 heavy (non-hydrogen) atoms. The molecule has 1 aliphatic heterocycles. The van der Waals surface area contributed by atoms with Crippen molar-refractivity contribution in [3.05, 3.63) is 54.4 Å². The molecule has 1 aliphatic rings. The molecule has 0 unspecified atom stereocenters. The monoisotopic (exact) mass is 580 g/mol. The van der Waals surface area contributed by atoms with Crippen LogP contribution in [-0.2, 0) is 22.6 Å². The standard InChI is InChI=1S/C28H36N8O6/c1-18-13-36(19(2)16-37)27(39)12-20-11-22(30-26(38)15-35-17-29-32-33-35)7-10-24(20)42-25(18)14-34(3)28(40)31-21-5-8-23(41-4)9-6-21/h5-11,17-19,25,37H,12-16H2,1-4H3,(H,30,38)(H,31,40)/t18-,19-,25-/m1/s1. The highest BCUT2D eigenvalue weighted by atomic mass is 16.5. The van der Waals surface area contributed by atoms with Crippen LogP contribution in [0.2, 0.25) is 0 Å². The van der Waals surface area contributed by atoms with E-state index in [0.717, 1.165) is 0 Å². The molecule has 0 bridgehead atoms. The first kappa shape index (κ1) is 30.2. The fourth-order valence-corrected chi connectivity index (χ4v) is 4.57. The number of aliphatic hydroxyl groups is 1. The number of rotatable bonds is 9. The third kappa shape index (κ3) is 7.72. The van der Waals surface area contributed by atoms with Crippen molar-refractivity contribution in [3.63, 3.8) is 0 Å². The first-order valence-electron chi connectivity index (χ1n) is 13.5. The summed E-state index contributed by atoms with van der Waals surface area (Å²) in [5.74, 6) is 0.432. The minimum atomic E-state index is -0.491. The summed E-state index contributed by atoms with van der Waals surface area (Å²) in [5, 5.41) is 26.3. The zero-order chi connectivity index (χ0) is 30.2. The number of aromatic nitrogens is 4. The van der Waals surface area contributed by atoms with Crippen molar-refractivity contribution in [1.82, 2.24) is 30.0 Å². The first-order valence-corrected chi connectivity index (χ1v) is 13.5. The van der Waals surface area contributed by atoms with Crippen LogP contribution in [0.1, 0.15) is 19.4 Å². The zero-order valence-electron chi connectivity index (χ0n) is 24.1. The number of nitrogens with zero attached hydrogens (tertiary/aromatic N) is 6. The fourth-order valence-electron chi connectivity index (χ4n) is 4.57. The molecular weight excluding hydrogens is 544 g/mol. The van der Waals surface area contributed by atoms with E-state index >= 15 is 0 Å². The van der Waals surface area contributed by atoms with E-state index < -0.39 is 12.1 Å². The highest BCUT2D eigenvalue weighted by molar-refractivity contribution is 5.91. The van der Waals surface area contributed by atoms with Crippen molar-refractivity contribution >= 4 is 29.2 Å². The minimum absolute atomic E-state index is 0.00359. The number of nitrogens with one attached hydrogen (secondary N) is 2. The maximum absolute atomic E-state index is 13.4. The van der Waals surface area contributed by atoms with Gasteiger partial charge in [0.05, 0.1) is 32.7 Å². The van der Waals surface area contributed by atoms with E-state index in [1.165, 1.54) is 15.9 Å². The highest BCUT2D eigenvalue weighted by Crippen LogP contribution is 2.29. The predicted molar refractivity (Wildman–Crippen MR) is 153 cm³/mol. The van der Waals surface area contributed by atoms with Crippen LogP contribution < -0.4 is 20.1 Å². The number of likely N-dealkylation sites (N-methyl/N-ethyl adjacent to an activating group) is 1. The average molecular weight is 581 g/mol. The van der Waals surface area contributed by atoms with Gasteiger partial charge >= 0.3 is 6.03 Å². The lowest BCUT2D eigenvalue weighted by Gasteiger charge is -2.34. The molecule has 0 spiro atoms. The Morgan fingerprint density at radius 1 is 1.19 bits per heavy atom. The van der Waals surface area contributed by atoms with E-state index in [-0.39, 0.29) is 49.9 Å². The normalized spacial score (nSPS) is 17.5. The van der Waals surface area contributed by atoms with E-state index in [9.17, 15) is 19.5 Å². The molecule has 4 amide bonds. The Morgan fingerprint density at radius 2 is 1.93 bits per heavy atom. The van der Waals surface area contributed by atoms with E-state index in [1.54, 1.807) is 68.4 Å². The van der Waals surface area contributed by atoms with Gasteiger partial charge in [-0.05, 0) is 59.8 Å². The zero-order valence-corrected chi connectivity index (χ0v) is 24.1. The number of methoxy groups -OCH3 is 1. The molecule has 3 N–H and O–H groups in total. The van der Waals surface area contributed by atoms with Crippen LogP contribution in [0.5, 0.6) is 11.5 Å². The molecule has 2 aromatic carbocycles. The van der Waals surface area contributed by atoms with Gasteiger partial charge in [-0.1, -0.05) is 6.92 Å². The topological polar surface area (TPSA) is 164 Å². The number of fused-ring (bicyclic) bond motifs is 1. The third-order valence-electron chi connectivity index (χ3n) is 7.04. The minimum Gasteiger partial charge on any atom is -0.497 e. The lowest BCUT2D eigenvalue weighted by molar-refractivity contribution is -0.134. The Balaban J connectivity index is 1.54. The smallest absolute Gasteiger partial charge is 0.321 e. The molecule has 0 saturated heterocycles. The maximum Gasteiger partial charge on any atom is 0.321 e. The Morgan fingerprint density at radius 3 is 2.60 bits per heavy atom. The number of tetrazole rings is 1. The molecule has 0 aliphatic carbocycles. The molecule has 14 nitrogen and oxygen atoms in total. The van der Waals surface area contributed by atoms with Gasteiger partial charge in [0, 0.05) is 36.4 Å². The van der Waals surface area contributed by atoms with Crippen molar-refractivity contribution < 1.29 is 29.0 Å². The molecule has 3 atom stereocenters. The summed E-state index contributed by atoms with van der Waals surface area (Å²) in [5.41, 5.74) is 1.66. The molecule has 14 heteroatoms. The van der Waals surface area contributed by atoms with Crippen LogP contribution in [0.4, 0.5) is 16.2 Å². The second kappa shape index (κ2) is 13.8. The third-order valence-corrected chi connectivity index (χ3v) is 7.04. The van der Waals surface area contributed by atoms with Crippen molar-refractivity contribution in [1.29, 1.82) is 0 Å². The molecule has 224 valence electrons. The number of amides is 4. The van der Waals surface area contributed by atoms with Gasteiger partial charge in [0.15, 0.2) is 0 Å². The molecule has 4 rings (SSSR count). The van der Waals surface area contributed by atoms with Gasteiger partial charge < -0.3 is 35.0 Å². The quantitative estimate of drug-likeness (QED) is 0.341. The van der Waals surface area contributed by atoms with Crippen LogP contribution in [0.25, 0.3) is 0 Å². The fraction of sp³-hybridized carbons (Fsp3) is 0.429. The number of benzene rings is 2. The Labute approximate surface area is 243 Å². The van der Waals surface area contributed by atoms with E-state index in [0.29, 0.717) is 35.0 Å². The first-order chi connectivity index (χ1) is 20.2. The molecular formula is C28H36N8O6. The molecule has 0 radical (unpaired) electrons. The van der Waals surface area contributed by atoms with Gasteiger partial charge in [0.2, 0.25) is 11.8 Å². The van der Waals surface area contributed by atoms with Gasteiger partial charge in [-0.25, -0.2) is 9.48 Å². The Bertz CT molecular complexity index is 1370. The summed E-state index contributed by atoms with van der Waals surface area (Å²) in [6.45, 7) is 4.00. The lowest BCUT2D eigenvalue weighted by Crippen LogP contribution is -2.48. The molecule has 0 saturated carbocycles. The SMILES string of the molecule is COc1ccc(NC(=O)N(C)C[C@H]2Oc3ccc(NC(=O)Cn4cnnn4)cc3CC(=O)N([C@H](C)CO)C[C@H]2C)cc1. The van der Waals surface area contributed by atoms with Crippen molar-refractivity contribution in [2.24, 2.45) is 5.92 Å². The van der Waals surface area contributed by atoms with Gasteiger partial charge in [0.25, 0.3) is 0 Å². The summed E-state index contributed by atoms with van der Waals surface area (Å²) in [6.07, 6.45) is 0.849. The summed E-state index contributed by atoms with van der Waals surface area (Å²) in [6, 6.07) is 11.4. The number of urea groups is 1. The van der Waals surface area contributed by atoms with Crippen LogP contribution >= 0.6 is 0 Å². The van der Waals surface area contributed by atoms with Crippen molar-refractivity contribution in [2.45, 2.75) is 39.0 Å². The number of hydrogen-bond acceptors (Lipinski definition) is 9. The van der Waals surface area contributed by atoms with E-state index in [1.807, 2.05) is 6.92 Å². The summed E-state index contributed by atoms with van der Waals surface area (Å²) >= 11 is 0. The van der Waals surface area contributed by atoms with Crippen LogP contribution in [-0.4, -0.2) is 99.0 Å². The number of ether oxygens (including phenoxy) is 2. The number of anilines is 2. The van der Waals surface area contributed by atoms with Crippen LogP contribution in [0.15, 0.2) is 48.8 Å². The van der Waals surface area contributed by atoms with Gasteiger partial charge in [-0.15, -0.1) is 5.10 Å². The van der Waals surface area contributed by atoms with E-state index in [2.05, 4.69) is 26.2 Å². The summed E-state index contributed by atoms with van der Waals surface area (Å²) in [7, 11) is 3.24. The van der Waals surface area contributed by atoms with Crippen LogP contribution in [0, 0.1) is 5.92 Å². The second-order valence-corrected chi connectivity index (χ2v) is 10.3. The van der Waals surface area contributed by atoms with Gasteiger partial charge in [-0.2, -0.15) is 0 Å². The number of aliphatic hydroxyl groups excluding tert-OH is 1. The number of carbonyl (C=O) groups excluding carboxylic acids is 3. The number of carbonyl (C=O) groups is 3.